The number of aliphatic carboxylic acids is 1. The van der Waals surface area contributed by atoms with Crippen LogP contribution < -0.4 is 0 Å². The van der Waals surface area contributed by atoms with Crippen molar-refractivity contribution in [2.45, 2.75) is 26.3 Å². The maximum absolute atomic E-state index is 9.37. The zero-order chi connectivity index (χ0) is 9.70. The number of carboxylic acids is 1. The predicted octanol–water partition coefficient (Wildman–Crippen LogP) is 0.172. The average molecular weight is 177 g/mol. The summed E-state index contributed by atoms with van der Waals surface area (Å²) in [6.45, 7) is 3.79. The number of hydrogen-bond acceptors (Lipinski definition) is 3. The third-order valence-electron chi connectivity index (χ3n) is 0.302. The quantitative estimate of drug-likeness (QED) is 0.340. The molecule has 0 aliphatic rings. The van der Waals surface area contributed by atoms with E-state index in [9.17, 15) is 4.79 Å². The molecule has 5 heteroatoms. The van der Waals surface area contributed by atoms with Crippen LogP contribution in [-0.2, 0) is 9.59 Å². The molecule has 0 aliphatic carbocycles. The standard InChI is InChI=1S/C3H6O2.C2H8Si.CHNO/c1-2-3(4)5;1-2-3;2-1-3/h2H2,1H3,(H,4,5);2H2,1,3H3;2H. The molecule has 0 amide bonds. The molecule has 0 aromatic heterocycles. The smallest absolute Gasteiger partial charge is 0.303 e. The Labute approximate surface area is 69.5 Å². The van der Waals surface area contributed by atoms with E-state index in [4.69, 9.17) is 15.3 Å². The van der Waals surface area contributed by atoms with Crippen LogP contribution in [0.2, 0.25) is 6.04 Å². The molecule has 0 fully saturated rings. The Bertz CT molecular complexity index is 110. The summed E-state index contributed by atoms with van der Waals surface area (Å²) >= 11 is 0. The van der Waals surface area contributed by atoms with Gasteiger partial charge in [-0.1, -0.05) is 19.9 Å². The van der Waals surface area contributed by atoms with Crippen LogP contribution in [-0.4, -0.2) is 27.4 Å². The largest absolute Gasteiger partial charge is 0.481 e. The van der Waals surface area contributed by atoms with Crippen molar-refractivity contribution in [1.29, 1.82) is 5.41 Å². The van der Waals surface area contributed by atoms with E-state index < -0.39 is 5.97 Å². The lowest BCUT2D eigenvalue weighted by atomic mass is 10.5. The van der Waals surface area contributed by atoms with E-state index >= 15 is 0 Å². The first-order valence-corrected chi connectivity index (χ1v) is 4.77. The minimum Gasteiger partial charge on any atom is -0.481 e. The Balaban J connectivity index is -0.0000000933. The Morgan fingerprint density at radius 1 is 1.64 bits per heavy atom. The lowest BCUT2D eigenvalue weighted by Gasteiger charge is -1.71. The van der Waals surface area contributed by atoms with Crippen molar-refractivity contribution < 1.29 is 14.7 Å². The first kappa shape index (κ1) is 16.6. The summed E-state index contributed by atoms with van der Waals surface area (Å²) in [5.74, 6) is -0.745. The maximum Gasteiger partial charge on any atom is 0.303 e. The third kappa shape index (κ3) is 398. The Hall–Kier alpha value is -0.933. The van der Waals surface area contributed by atoms with Gasteiger partial charge < -0.3 is 5.11 Å². The zero-order valence-corrected chi connectivity index (χ0v) is 9.18. The highest BCUT2D eigenvalue weighted by atomic mass is 28.1. The maximum atomic E-state index is 9.37. The van der Waals surface area contributed by atoms with Crippen molar-refractivity contribution in [3.8, 4) is 0 Å². The molecule has 4 nitrogen and oxygen atoms in total. The number of isocyanates is 1. The minimum atomic E-state index is -0.745. The van der Waals surface area contributed by atoms with E-state index in [1.54, 1.807) is 6.92 Å². The number of carbonyl (C=O) groups is 1. The van der Waals surface area contributed by atoms with Crippen molar-refractivity contribution >= 4 is 22.3 Å². The van der Waals surface area contributed by atoms with Crippen LogP contribution in [0.15, 0.2) is 0 Å². The van der Waals surface area contributed by atoms with Gasteiger partial charge in [0.15, 0.2) is 0 Å². The number of carboxylic acid groups (broad SMARTS) is 1. The van der Waals surface area contributed by atoms with Crippen molar-refractivity contribution in [3.63, 3.8) is 0 Å². The topological polar surface area (TPSA) is 78.2 Å². The summed E-state index contributed by atoms with van der Waals surface area (Å²) in [6.07, 6.45) is 0.972. The molecule has 0 atom stereocenters. The second kappa shape index (κ2) is 23.0. The van der Waals surface area contributed by atoms with Crippen molar-refractivity contribution in [3.05, 3.63) is 0 Å². The van der Waals surface area contributed by atoms with Gasteiger partial charge in [0.25, 0.3) is 0 Å². The first-order valence-electron chi connectivity index (χ1n) is 3.36. The number of carbonyl (C=O) groups excluding carboxylic acids is 1. The molecule has 0 radical (unpaired) electrons. The molecule has 0 aliphatic heterocycles. The summed E-state index contributed by atoms with van der Waals surface area (Å²) in [5.41, 5.74) is 0. The fourth-order valence-corrected chi connectivity index (χ4v) is 0. The Morgan fingerprint density at radius 2 is 1.73 bits per heavy atom. The first-order chi connectivity index (χ1) is 5.10. The van der Waals surface area contributed by atoms with Gasteiger partial charge in [0, 0.05) is 16.7 Å². The predicted molar refractivity (Wildman–Crippen MR) is 46.8 cm³/mol. The molecule has 66 valence electrons. The monoisotopic (exact) mass is 177 g/mol. The van der Waals surface area contributed by atoms with E-state index in [2.05, 4.69) is 6.92 Å². The molecule has 0 bridgehead atoms. The zero-order valence-electron chi connectivity index (χ0n) is 7.18. The molecule has 11 heavy (non-hydrogen) atoms. The molecule has 0 rings (SSSR count). The van der Waals surface area contributed by atoms with Crippen molar-refractivity contribution in [2.24, 2.45) is 0 Å². The molecule has 0 aromatic rings. The van der Waals surface area contributed by atoms with E-state index in [0.29, 0.717) is 0 Å². The van der Waals surface area contributed by atoms with Gasteiger partial charge in [-0.2, -0.15) is 0 Å². The molecule has 0 spiro atoms. The fraction of sp³-hybridized carbons (Fsp3) is 0.667. The van der Waals surface area contributed by atoms with Crippen LogP contribution in [0.4, 0.5) is 0 Å². The highest BCUT2D eigenvalue weighted by molar-refractivity contribution is 6.08. The van der Waals surface area contributed by atoms with Crippen LogP contribution in [0, 0.1) is 5.41 Å². The molecular weight excluding hydrogens is 162 g/mol. The highest BCUT2D eigenvalue weighted by Gasteiger charge is 1.80. The number of rotatable bonds is 1. The van der Waals surface area contributed by atoms with Gasteiger partial charge in [-0.3, -0.25) is 4.79 Å². The van der Waals surface area contributed by atoms with E-state index in [0.717, 1.165) is 6.08 Å². The second-order valence-corrected chi connectivity index (χ2v) is 2.97. The highest BCUT2D eigenvalue weighted by Crippen LogP contribution is 1.67. The van der Waals surface area contributed by atoms with Gasteiger partial charge >= 0.3 is 5.97 Å². The van der Waals surface area contributed by atoms with Crippen molar-refractivity contribution in [1.82, 2.24) is 0 Å². The van der Waals surface area contributed by atoms with Gasteiger partial charge in [0.2, 0.25) is 6.08 Å². The fourth-order valence-electron chi connectivity index (χ4n) is 0. The summed E-state index contributed by atoms with van der Waals surface area (Å²) in [5, 5.41) is 13.1. The van der Waals surface area contributed by atoms with E-state index in [1.807, 2.05) is 0 Å². The van der Waals surface area contributed by atoms with Gasteiger partial charge in [-0.05, 0) is 0 Å². The lowest BCUT2D eigenvalue weighted by molar-refractivity contribution is -0.136. The molecular formula is C6H15NO3Si. The van der Waals surface area contributed by atoms with Crippen LogP contribution in [0.3, 0.4) is 0 Å². The molecule has 0 heterocycles. The summed E-state index contributed by atoms with van der Waals surface area (Å²) in [7, 11) is 1.37. The summed E-state index contributed by atoms with van der Waals surface area (Å²) < 4.78 is 0. The average Bonchev–Trinajstić information content (AvgIpc) is 1.91. The number of nitrogens with one attached hydrogen (secondary N) is 1. The van der Waals surface area contributed by atoms with Crippen molar-refractivity contribution in [2.75, 3.05) is 0 Å². The van der Waals surface area contributed by atoms with Gasteiger partial charge in [-0.25, -0.2) is 10.2 Å². The third-order valence-corrected chi connectivity index (χ3v) is 0.302. The molecule has 0 unspecified atom stereocenters. The van der Waals surface area contributed by atoms with E-state index in [1.165, 1.54) is 16.3 Å². The van der Waals surface area contributed by atoms with Crippen LogP contribution in [0.5, 0.6) is 0 Å². The molecule has 0 aromatic carbocycles. The van der Waals surface area contributed by atoms with Crippen LogP contribution >= 0.6 is 0 Å². The molecule has 0 saturated carbocycles. The number of hydrogen-bond donors (Lipinski definition) is 2. The molecule has 2 N–H and O–H groups in total. The van der Waals surface area contributed by atoms with Gasteiger partial charge in [0.05, 0.1) is 0 Å². The minimum absolute atomic E-state index is 0.222. The Kier molecular flexibility index (Phi) is 34.6. The SMILES string of the molecule is CCC(=O)O.CC[SiH3].N=C=O. The lowest BCUT2D eigenvalue weighted by Crippen LogP contribution is -1.86. The summed E-state index contributed by atoms with van der Waals surface area (Å²) in [6, 6.07) is 1.39. The van der Waals surface area contributed by atoms with Crippen LogP contribution in [0.1, 0.15) is 20.3 Å². The summed E-state index contributed by atoms with van der Waals surface area (Å²) in [4.78, 5) is 17.7. The van der Waals surface area contributed by atoms with Gasteiger partial charge in [0.1, 0.15) is 0 Å². The Morgan fingerprint density at radius 3 is 1.73 bits per heavy atom. The van der Waals surface area contributed by atoms with E-state index in [-0.39, 0.29) is 6.42 Å². The normalized spacial score (nSPS) is 6.00. The van der Waals surface area contributed by atoms with Gasteiger partial charge in [-0.15, -0.1) is 0 Å². The molecule has 0 saturated heterocycles. The van der Waals surface area contributed by atoms with Crippen LogP contribution in [0.25, 0.3) is 0 Å². The second-order valence-electron chi connectivity index (χ2n) is 1.56.